The molecule has 0 bridgehead atoms. The van der Waals surface area contributed by atoms with Gasteiger partial charge in [0.1, 0.15) is 5.75 Å². The van der Waals surface area contributed by atoms with Crippen LogP contribution in [0.25, 0.3) is 0 Å². The van der Waals surface area contributed by atoms with Crippen molar-refractivity contribution >= 4 is 21.9 Å². The first-order chi connectivity index (χ1) is 8.70. The number of rotatable bonds is 5. The van der Waals surface area contributed by atoms with Gasteiger partial charge in [0, 0.05) is 4.47 Å². The van der Waals surface area contributed by atoms with Crippen LogP contribution in [0.1, 0.15) is 37.0 Å². The summed E-state index contributed by atoms with van der Waals surface area (Å²) in [5.74, 6) is 0.0951. The molecule has 4 heteroatoms. The number of aliphatic carboxylic acids is 1. The Bertz CT molecular complexity index is 493. The zero-order valence-corrected chi connectivity index (χ0v) is 13.7. The molecule has 0 unspecified atom stereocenters. The van der Waals surface area contributed by atoms with Crippen molar-refractivity contribution in [2.24, 2.45) is 5.41 Å². The van der Waals surface area contributed by atoms with Gasteiger partial charge in [-0.25, -0.2) is 0 Å². The van der Waals surface area contributed by atoms with Crippen molar-refractivity contribution in [3.05, 3.63) is 27.2 Å². The molecule has 1 N–H and O–H groups in total. The van der Waals surface area contributed by atoms with E-state index in [-0.39, 0.29) is 0 Å². The monoisotopic (exact) mass is 328 g/mol. The molecule has 0 amide bonds. The second kappa shape index (κ2) is 5.95. The zero-order chi connectivity index (χ0) is 14.8. The fourth-order valence-corrected chi connectivity index (χ4v) is 2.63. The van der Waals surface area contributed by atoms with Crippen LogP contribution in [0.15, 0.2) is 10.5 Å². The normalized spacial score (nSPS) is 11.5. The largest absolute Gasteiger partial charge is 0.496 e. The first-order valence-corrected chi connectivity index (χ1v) is 7.06. The molecule has 19 heavy (non-hydrogen) atoms. The Morgan fingerprint density at radius 2 is 2.00 bits per heavy atom. The maximum Gasteiger partial charge on any atom is 0.309 e. The third-order valence-electron chi connectivity index (χ3n) is 3.57. The number of carboxylic acid groups (broad SMARTS) is 1. The second-order valence-electron chi connectivity index (χ2n) is 5.50. The molecule has 0 aliphatic rings. The molecular formula is C15H21BrO3. The van der Waals surface area contributed by atoms with Crippen LogP contribution in [0.3, 0.4) is 0 Å². The first-order valence-electron chi connectivity index (χ1n) is 6.26. The first kappa shape index (κ1) is 16.0. The summed E-state index contributed by atoms with van der Waals surface area (Å²) in [6.07, 6.45) is 1.27. The predicted molar refractivity (Wildman–Crippen MR) is 79.9 cm³/mol. The molecule has 1 aromatic carbocycles. The van der Waals surface area contributed by atoms with Crippen LogP contribution in [0, 0.1) is 19.3 Å². The van der Waals surface area contributed by atoms with Crippen molar-refractivity contribution in [1.82, 2.24) is 0 Å². The van der Waals surface area contributed by atoms with Crippen molar-refractivity contribution in [3.8, 4) is 5.75 Å². The van der Waals surface area contributed by atoms with Crippen molar-refractivity contribution in [1.29, 1.82) is 0 Å². The van der Waals surface area contributed by atoms with Crippen LogP contribution in [0.2, 0.25) is 0 Å². The zero-order valence-electron chi connectivity index (χ0n) is 12.1. The van der Waals surface area contributed by atoms with E-state index in [1.54, 1.807) is 21.0 Å². The van der Waals surface area contributed by atoms with E-state index in [0.29, 0.717) is 12.8 Å². The average Bonchev–Trinajstić information content (AvgIpc) is 2.31. The molecule has 0 radical (unpaired) electrons. The predicted octanol–water partition coefficient (Wildman–Crippen LogP) is 4.12. The Morgan fingerprint density at radius 3 is 2.47 bits per heavy atom. The molecule has 0 atom stereocenters. The standard InChI is InChI=1S/C15H21BrO3/c1-9-8-12(16)10(2)11(13(9)19-5)6-7-15(3,4)14(17)18/h8H,6-7H2,1-5H3,(H,17,18). The molecule has 0 aliphatic carbocycles. The van der Waals surface area contributed by atoms with Crippen LogP contribution in [0.4, 0.5) is 0 Å². The second-order valence-corrected chi connectivity index (χ2v) is 6.36. The number of carbonyl (C=O) groups is 1. The minimum Gasteiger partial charge on any atom is -0.496 e. The molecule has 106 valence electrons. The van der Waals surface area contributed by atoms with E-state index in [1.807, 2.05) is 19.9 Å². The van der Waals surface area contributed by atoms with Crippen molar-refractivity contribution in [2.75, 3.05) is 7.11 Å². The Morgan fingerprint density at radius 1 is 1.42 bits per heavy atom. The summed E-state index contributed by atoms with van der Waals surface area (Å²) < 4.78 is 6.51. The number of benzene rings is 1. The van der Waals surface area contributed by atoms with E-state index in [0.717, 1.165) is 26.9 Å². The van der Waals surface area contributed by atoms with E-state index >= 15 is 0 Å². The fraction of sp³-hybridized carbons (Fsp3) is 0.533. The molecule has 0 aliphatic heterocycles. The lowest BCUT2D eigenvalue weighted by Gasteiger charge is -2.21. The number of hydrogen-bond donors (Lipinski definition) is 1. The molecule has 0 saturated heterocycles. The van der Waals surface area contributed by atoms with Crippen LogP contribution >= 0.6 is 15.9 Å². The van der Waals surface area contributed by atoms with Crippen LogP contribution in [-0.4, -0.2) is 18.2 Å². The molecule has 0 fully saturated rings. The molecule has 0 spiro atoms. The Kier molecular flexibility index (Phi) is 5.02. The minimum atomic E-state index is -0.768. The maximum atomic E-state index is 11.2. The van der Waals surface area contributed by atoms with Crippen LogP contribution < -0.4 is 4.74 Å². The number of carboxylic acids is 1. The quantitative estimate of drug-likeness (QED) is 0.884. The third kappa shape index (κ3) is 3.50. The van der Waals surface area contributed by atoms with Gasteiger partial charge in [-0.2, -0.15) is 0 Å². The number of hydrogen-bond acceptors (Lipinski definition) is 2. The van der Waals surface area contributed by atoms with Gasteiger partial charge in [0.25, 0.3) is 0 Å². The van der Waals surface area contributed by atoms with Crippen molar-refractivity contribution in [2.45, 2.75) is 40.5 Å². The Hall–Kier alpha value is -1.03. The van der Waals surface area contributed by atoms with Gasteiger partial charge >= 0.3 is 5.97 Å². The van der Waals surface area contributed by atoms with Gasteiger partial charge in [0.05, 0.1) is 12.5 Å². The van der Waals surface area contributed by atoms with E-state index in [1.165, 1.54) is 0 Å². The molecule has 1 rings (SSSR count). The van der Waals surface area contributed by atoms with E-state index in [4.69, 9.17) is 4.74 Å². The van der Waals surface area contributed by atoms with Crippen molar-refractivity contribution < 1.29 is 14.6 Å². The summed E-state index contributed by atoms with van der Waals surface area (Å²) in [4.78, 5) is 11.2. The van der Waals surface area contributed by atoms with E-state index < -0.39 is 11.4 Å². The van der Waals surface area contributed by atoms with Gasteiger partial charge < -0.3 is 9.84 Å². The number of aryl methyl sites for hydroxylation is 1. The summed E-state index contributed by atoms with van der Waals surface area (Å²) in [6.45, 7) is 7.52. The molecule has 1 aromatic rings. The number of ether oxygens (including phenoxy) is 1. The lowest BCUT2D eigenvalue weighted by atomic mass is 9.85. The SMILES string of the molecule is COc1c(C)cc(Br)c(C)c1CCC(C)(C)C(=O)O. The molecule has 0 saturated carbocycles. The maximum absolute atomic E-state index is 11.2. The van der Waals surface area contributed by atoms with Gasteiger partial charge in [-0.05, 0) is 63.3 Å². The van der Waals surface area contributed by atoms with Crippen LogP contribution in [-0.2, 0) is 11.2 Å². The molecule has 0 aromatic heterocycles. The lowest BCUT2D eigenvalue weighted by Crippen LogP contribution is -2.24. The van der Waals surface area contributed by atoms with Gasteiger partial charge in [-0.15, -0.1) is 0 Å². The summed E-state index contributed by atoms with van der Waals surface area (Å²) >= 11 is 3.54. The summed E-state index contributed by atoms with van der Waals surface area (Å²) in [6, 6.07) is 2.03. The summed E-state index contributed by atoms with van der Waals surface area (Å²) in [5.41, 5.74) is 2.53. The third-order valence-corrected chi connectivity index (χ3v) is 4.39. The van der Waals surface area contributed by atoms with E-state index in [2.05, 4.69) is 15.9 Å². The fourth-order valence-electron chi connectivity index (χ4n) is 2.05. The van der Waals surface area contributed by atoms with Crippen molar-refractivity contribution in [3.63, 3.8) is 0 Å². The minimum absolute atomic E-state index is 0.579. The summed E-state index contributed by atoms with van der Waals surface area (Å²) in [7, 11) is 1.65. The van der Waals surface area contributed by atoms with E-state index in [9.17, 15) is 9.90 Å². The van der Waals surface area contributed by atoms with Gasteiger partial charge in [0.15, 0.2) is 0 Å². The highest BCUT2D eigenvalue weighted by molar-refractivity contribution is 9.10. The highest BCUT2D eigenvalue weighted by Crippen LogP contribution is 2.35. The molecule has 0 heterocycles. The number of halogens is 1. The van der Waals surface area contributed by atoms with Gasteiger partial charge in [-0.1, -0.05) is 15.9 Å². The topological polar surface area (TPSA) is 46.5 Å². The number of methoxy groups -OCH3 is 1. The highest BCUT2D eigenvalue weighted by atomic mass is 79.9. The smallest absolute Gasteiger partial charge is 0.309 e. The summed E-state index contributed by atoms with van der Waals surface area (Å²) in [5, 5.41) is 9.18. The Balaban J connectivity index is 3.10. The highest BCUT2D eigenvalue weighted by Gasteiger charge is 2.27. The lowest BCUT2D eigenvalue weighted by molar-refractivity contribution is -0.147. The van der Waals surface area contributed by atoms with Gasteiger partial charge in [0.2, 0.25) is 0 Å². The molecule has 3 nitrogen and oxygen atoms in total. The van der Waals surface area contributed by atoms with Gasteiger partial charge in [-0.3, -0.25) is 4.79 Å². The average molecular weight is 329 g/mol. The molecular weight excluding hydrogens is 308 g/mol. The Labute approximate surface area is 123 Å². The van der Waals surface area contributed by atoms with Crippen LogP contribution in [0.5, 0.6) is 5.75 Å².